The van der Waals surface area contributed by atoms with Crippen LogP contribution in [-0.2, 0) is 0 Å². The number of nitrogens with zero attached hydrogens (tertiary/aromatic N) is 1. The van der Waals surface area contributed by atoms with Crippen molar-refractivity contribution in [2.45, 2.75) is 23.3 Å². The quantitative estimate of drug-likeness (QED) is 0.730. The monoisotopic (exact) mass is 203 g/mol. The van der Waals surface area contributed by atoms with Gasteiger partial charge >= 0.3 is 0 Å². The molecule has 0 aliphatic rings. The zero-order valence-electron chi connectivity index (χ0n) is 7.20. The van der Waals surface area contributed by atoms with Crippen LogP contribution < -0.4 is 11.5 Å². The number of thioether (sulfide) groups is 1. The SMILES string of the molecule is Cc1nc(N)sc1SC(C)CN. The van der Waals surface area contributed by atoms with E-state index in [4.69, 9.17) is 11.5 Å². The molecular formula is C7H13N3S2. The minimum absolute atomic E-state index is 0.434. The molecule has 5 heteroatoms. The molecule has 0 spiro atoms. The van der Waals surface area contributed by atoms with Crippen LogP contribution in [0.2, 0.25) is 0 Å². The van der Waals surface area contributed by atoms with Crippen LogP contribution in [-0.4, -0.2) is 16.8 Å². The van der Waals surface area contributed by atoms with Gasteiger partial charge in [-0.05, 0) is 6.92 Å². The number of rotatable bonds is 3. The van der Waals surface area contributed by atoms with Gasteiger partial charge in [0.2, 0.25) is 0 Å². The smallest absolute Gasteiger partial charge is 0.181 e. The lowest BCUT2D eigenvalue weighted by Crippen LogP contribution is -2.11. The van der Waals surface area contributed by atoms with Crippen LogP contribution >= 0.6 is 23.1 Å². The van der Waals surface area contributed by atoms with E-state index in [2.05, 4.69) is 11.9 Å². The summed E-state index contributed by atoms with van der Waals surface area (Å²) in [5.74, 6) is 0. The largest absolute Gasteiger partial charge is 0.375 e. The van der Waals surface area contributed by atoms with Crippen molar-refractivity contribution in [2.24, 2.45) is 5.73 Å². The molecule has 0 aliphatic carbocycles. The van der Waals surface area contributed by atoms with Gasteiger partial charge in [0.1, 0.15) is 0 Å². The third-order valence-corrected chi connectivity index (χ3v) is 3.83. The van der Waals surface area contributed by atoms with Gasteiger partial charge in [-0.25, -0.2) is 4.98 Å². The standard InChI is InChI=1S/C7H13N3S2/c1-4(3-8)11-6-5(2)10-7(9)12-6/h4H,3,8H2,1-2H3,(H2,9,10). The first-order valence-corrected chi connectivity index (χ1v) is 5.42. The van der Waals surface area contributed by atoms with Crippen molar-refractivity contribution in [2.75, 3.05) is 12.3 Å². The van der Waals surface area contributed by atoms with Gasteiger partial charge in [-0.3, -0.25) is 0 Å². The summed E-state index contributed by atoms with van der Waals surface area (Å²) < 4.78 is 1.19. The maximum absolute atomic E-state index is 5.56. The molecule has 0 saturated carbocycles. The maximum atomic E-state index is 5.56. The van der Waals surface area contributed by atoms with Crippen molar-refractivity contribution in [3.05, 3.63) is 5.69 Å². The summed E-state index contributed by atoms with van der Waals surface area (Å²) >= 11 is 3.27. The molecule has 68 valence electrons. The second kappa shape index (κ2) is 4.11. The average Bonchev–Trinajstić information content (AvgIpc) is 2.30. The van der Waals surface area contributed by atoms with E-state index in [9.17, 15) is 0 Å². The third kappa shape index (κ3) is 2.36. The molecule has 1 unspecified atom stereocenters. The van der Waals surface area contributed by atoms with Crippen LogP contribution in [0.1, 0.15) is 12.6 Å². The Morgan fingerprint density at radius 2 is 2.33 bits per heavy atom. The van der Waals surface area contributed by atoms with Crippen LogP contribution in [0.5, 0.6) is 0 Å². The van der Waals surface area contributed by atoms with Gasteiger partial charge in [0.15, 0.2) is 5.13 Å². The second-order valence-electron chi connectivity index (χ2n) is 2.59. The minimum Gasteiger partial charge on any atom is -0.375 e. The summed E-state index contributed by atoms with van der Waals surface area (Å²) in [4.78, 5) is 4.13. The number of hydrogen-bond acceptors (Lipinski definition) is 5. The molecule has 1 rings (SSSR count). The first-order valence-electron chi connectivity index (χ1n) is 3.73. The number of nitrogens with two attached hydrogens (primary N) is 2. The first-order chi connectivity index (χ1) is 5.63. The van der Waals surface area contributed by atoms with E-state index in [0.717, 1.165) is 5.69 Å². The van der Waals surface area contributed by atoms with Gasteiger partial charge < -0.3 is 11.5 Å². The van der Waals surface area contributed by atoms with Crippen molar-refractivity contribution in [3.8, 4) is 0 Å². The molecule has 0 amide bonds. The van der Waals surface area contributed by atoms with Crippen LogP contribution in [0.15, 0.2) is 4.21 Å². The Hall–Kier alpha value is -0.260. The minimum atomic E-state index is 0.434. The summed E-state index contributed by atoms with van der Waals surface area (Å²) in [6.45, 7) is 4.75. The van der Waals surface area contributed by atoms with Gasteiger partial charge in [-0.1, -0.05) is 18.3 Å². The Kier molecular flexibility index (Phi) is 3.37. The lowest BCUT2D eigenvalue weighted by Gasteiger charge is -2.04. The summed E-state index contributed by atoms with van der Waals surface area (Å²) in [5.41, 5.74) is 12.1. The molecule has 1 atom stereocenters. The number of hydrogen-bond donors (Lipinski definition) is 2. The summed E-state index contributed by atoms with van der Waals surface area (Å²) in [6, 6.07) is 0. The number of nitrogen functional groups attached to an aromatic ring is 1. The Labute approximate surface area is 80.6 Å². The van der Waals surface area contributed by atoms with Crippen molar-refractivity contribution >= 4 is 28.2 Å². The highest BCUT2D eigenvalue weighted by Crippen LogP contribution is 2.32. The fourth-order valence-electron chi connectivity index (χ4n) is 0.743. The number of thiazole rings is 1. The van der Waals surface area contributed by atoms with Gasteiger partial charge in [-0.2, -0.15) is 0 Å². The molecule has 1 heterocycles. The molecule has 0 bridgehead atoms. The number of aromatic nitrogens is 1. The summed E-state index contributed by atoms with van der Waals surface area (Å²) in [7, 11) is 0. The van der Waals surface area contributed by atoms with E-state index in [-0.39, 0.29) is 0 Å². The molecular weight excluding hydrogens is 190 g/mol. The van der Waals surface area contributed by atoms with Gasteiger partial charge in [-0.15, -0.1) is 11.8 Å². The zero-order valence-corrected chi connectivity index (χ0v) is 8.84. The van der Waals surface area contributed by atoms with Crippen molar-refractivity contribution in [1.29, 1.82) is 0 Å². The highest BCUT2D eigenvalue weighted by atomic mass is 32.2. The predicted molar refractivity (Wildman–Crippen MR) is 55.6 cm³/mol. The fraction of sp³-hybridized carbons (Fsp3) is 0.571. The van der Waals surface area contributed by atoms with Crippen molar-refractivity contribution in [3.63, 3.8) is 0 Å². The predicted octanol–water partition coefficient (Wildman–Crippen LogP) is 1.47. The number of aryl methyl sites for hydroxylation is 1. The number of anilines is 1. The Morgan fingerprint density at radius 1 is 1.67 bits per heavy atom. The lowest BCUT2D eigenvalue weighted by atomic mass is 10.5. The summed E-state index contributed by atoms with van der Waals surface area (Å²) in [6.07, 6.45) is 0. The molecule has 0 saturated heterocycles. The normalized spacial score (nSPS) is 13.2. The van der Waals surface area contributed by atoms with E-state index in [0.29, 0.717) is 16.9 Å². The average molecular weight is 203 g/mol. The zero-order chi connectivity index (χ0) is 9.14. The lowest BCUT2D eigenvalue weighted by molar-refractivity contribution is 0.951. The molecule has 0 fully saturated rings. The highest BCUT2D eigenvalue weighted by molar-refractivity contribution is 8.01. The molecule has 0 aromatic carbocycles. The van der Waals surface area contributed by atoms with Gasteiger partial charge in [0, 0.05) is 11.8 Å². The molecule has 1 aromatic rings. The van der Waals surface area contributed by atoms with Crippen LogP contribution in [0.3, 0.4) is 0 Å². The molecule has 3 nitrogen and oxygen atoms in total. The van der Waals surface area contributed by atoms with Crippen LogP contribution in [0, 0.1) is 6.92 Å². The molecule has 0 aliphatic heterocycles. The Bertz CT molecular complexity index is 259. The molecule has 1 aromatic heterocycles. The molecule has 4 N–H and O–H groups in total. The Morgan fingerprint density at radius 3 is 2.75 bits per heavy atom. The van der Waals surface area contributed by atoms with Gasteiger partial charge in [0.05, 0.1) is 9.90 Å². The topological polar surface area (TPSA) is 64.9 Å². The van der Waals surface area contributed by atoms with E-state index in [1.807, 2.05) is 6.92 Å². The Balaban J connectivity index is 2.68. The van der Waals surface area contributed by atoms with E-state index < -0.39 is 0 Å². The van der Waals surface area contributed by atoms with Crippen molar-refractivity contribution < 1.29 is 0 Å². The molecule has 12 heavy (non-hydrogen) atoms. The van der Waals surface area contributed by atoms with E-state index >= 15 is 0 Å². The van der Waals surface area contributed by atoms with Crippen LogP contribution in [0.25, 0.3) is 0 Å². The van der Waals surface area contributed by atoms with Crippen molar-refractivity contribution in [1.82, 2.24) is 4.98 Å². The summed E-state index contributed by atoms with van der Waals surface area (Å²) in [5, 5.41) is 1.07. The maximum Gasteiger partial charge on any atom is 0.181 e. The second-order valence-corrected chi connectivity index (χ2v) is 5.33. The van der Waals surface area contributed by atoms with E-state index in [1.165, 1.54) is 15.5 Å². The van der Waals surface area contributed by atoms with E-state index in [1.54, 1.807) is 11.8 Å². The third-order valence-electron chi connectivity index (χ3n) is 1.41. The highest BCUT2D eigenvalue weighted by Gasteiger charge is 2.09. The molecule has 0 radical (unpaired) electrons. The first kappa shape index (κ1) is 9.83. The van der Waals surface area contributed by atoms with Crippen LogP contribution in [0.4, 0.5) is 5.13 Å². The van der Waals surface area contributed by atoms with Gasteiger partial charge in [0.25, 0.3) is 0 Å². The fourth-order valence-corrected chi connectivity index (χ4v) is 2.93.